The molecule has 0 aliphatic carbocycles. The molecule has 0 N–H and O–H groups in total. The number of carbonyl (C=O) groups is 1. The van der Waals surface area contributed by atoms with Crippen LogP contribution in [-0.4, -0.2) is 74.4 Å². The smallest absolute Gasteiger partial charge is 0.175 e. The Balaban J connectivity index is 1.28. The van der Waals surface area contributed by atoms with Gasteiger partial charge in [-0.2, -0.15) is 0 Å². The summed E-state index contributed by atoms with van der Waals surface area (Å²) < 4.78 is -0.00251. The molecule has 4 radical (unpaired) electrons. The predicted molar refractivity (Wildman–Crippen MR) is 147 cm³/mol. The molecule has 2 aromatic rings. The number of halogens is 1. The monoisotopic (exact) mass is 549 g/mol. The van der Waals surface area contributed by atoms with Crippen LogP contribution >= 0.6 is 22.6 Å². The Morgan fingerprint density at radius 3 is 2.70 bits per heavy atom. The van der Waals surface area contributed by atoms with E-state index < -0.39 is 5.34 Å². The van der Waals surface area contributed by atoms with Gasteiger partial charge in [-0.3, -0.25) is 4.79 Å². The van der Waals surface area contributed by atoms with Gasteiger partial charge in [0.2, 0.25) is 0 Å². The number of ketones is 1. The molecular weight excluding hydrogens is 519 g/mol. The summed E-state index contributed by atoms with van der Waals surface area (Å²) in [6.45, 7) is 8.63. The number of anilines is 2. The molecule has 4 nitrogen and oxygen atoms in total. The molecule has 0 spiro atoms. The zero-order chi connectivity index (χ0) is 23.3. The largest absolute Gasteiger partial charge is 0.380 e. The second-order valence-electron chi connectivity index (χ2n) is 9.83. The molecular formula is C26H30B2IN3O. The molecule has 2 aromatic carbocycles. The minimum atomic E-state index is -0.850. The first-order chi connectivity index (χ1) is 15.8. The van der Waals surface area contributed by atoms with Gasteiger partial charge in [0.25, 0.3) is 0 Å². The van der Waals surface area contributed by atoms with Crippen molar-refractivity contribution < 1.29 is 4.79 Å². The number of rotatable bonds is 6. The lowest BCUT2D eigenvalue weighted by Gasteiger charge is -2.51. The van der Waals surface area contributed by atoms with Gasteiger partial charge in [-0.1, -0.05) is 64.6 Å². The highest BCUT2D eigenvalue weighted by molar-refractivity contribution is 14.1. The lowest BCUT2D eigenvalue weighted by atomic mass is 9.59. The van der Waals surface area contributed by atoms with Crippen LogP contribution in [0.3, 0.4) is 0 Å². The molecule has 5 rings (SSSR count). The SMILES string of the molecule is [B]C1([B])CN2c3c(cccc3N1CC)[C@@H]1CN(CCC(I)C(=O)c3ccc(C)cc3)CC[C@@H]12. The summed E-state index contributed by atoms with van der Waals surface area (Å²) in [5.41, 5.74) is 5.93. The molecule has 0 aromatic heterocycles. The Kier molecular flexibility index (Phi) is 6.32. The van der Waals surface area contributed by atoms with Gasteiger partial charge in [0, 0.05) is 43.7 Å². The highest BCUT2D eigenvalue weighted by Gasteiger charge is 2.48. The molecule has 0 amide bonds. The van der Waals surface area contributed by atoms with Crippen molar-refractivity contribution in [2.24, 2.45) is 0 Å². The molecule has 1 fully saturated rings. The summed E-state index contributed by atoms with van der Waals surface area (Å²) >= 11 is 2.32. The number of para-hydroxylation sites is 1. The number of likely N-dealkylation sites (N-methyl/N-ethyl adjacent to an activating group) is 1. The fraction of sp³-hybridized carbons (Fsp3) is 0.500. The van der Waals surface area contributed by atoms with E-state index in [1.165, 1.54) is 22.5 Å². The number of hydrogen-bond acceptors (Lipinski definition) is 4. The number of carbonyl (C=O) groups excluding carboxylic acids is 1. The molecule has 33 heavy (non-hydrogen) atoms. The van der Waals surface area contributed by atoms with Crippen LogP contribution in [0.25, 0.3) is 0 Å². The Bertz CT molecular complexity index is 1040. The molecule has 1 saturated heterocycles. The fourth-order valence-corrected chi connectivity index (χ4v) is 6.64. The van der Waals surface area contributed by atoms with E-state index in [1.54, 1.807) is 0 Å². The van der Waals surface area contributed by atoms with Crippen LogP contribution in [0.15, 0.2) is 42.5 Å². The van der Waals surface area contributed by atoms with Crippen LogP contribution in [0, 0.1) is 6.92 Å². The number of alkyl halides is 1. The van der Waals surface area contributed by atoms with E-state index in [-0.39, 0.29) is 9.71 Å². The van der Waals surface area contributed by atoms with Gasteiger partial charge in [-0.05, 0) is 50.2 Å². The Morgan fingerprint density at radius 1 is 1.21 bits per heavy atom. The quantitative estimate of drug-likeness (QED) is 0.237. The number of likely N-dealkylation sites (tertiary alicyclic amines) is 1. The predicted octanol–water partition coefficient (Wildman–Crippen LogP) is 3.88. The van der Waals surface area contributed by atoms with E-state index in [4.69, 9.17) is 15.7 Å². The molecule has 3 heterocycles. The lowest BCUT2D eigenvalue weighted by molar-refractivity contribution is 0.0984. The number of aryl methyl sites for hydroxylation is 1. The first-order valence-corrected chi connectivity index (χ1v) is 13.3. The first kappa shape index (κ1) is 23.3. The van der Waals surface area contributed by atoms with Gasteiger partial charge in [-0.25, -0.2) is 0 Å². The Labute approximate surface area is 214 Å². The lowest BCUT2D eigenvalue weighted by Crippen LogP contribution is -2.62. The van der Waals surface area contributed by atoms with Crippen molar-refractivity contribution in [3.05, 3.63) is 59.2 Å². The van der Waals surface area contributed by atoms with Crippen LogP contribution in [0.2, 0.25) is 0 Å². The highest BCUT2D eigenvalue weighted by atomic mass is 127. The highest BCUT2D eigenvalue weighted by Crippen LogP contribution is 2.52. The topological polar surface area (TPSA) is 26.8 Å². The second-order valence-corrected chi connectivity index (χ2v) is 11.3. The van der Waals surface area contributed by atoms with Crippen molar-refractivity contribution in [1.82, 2.24) is 4.90 Å². The van der Waals surface area contributed by atoms with Crippen LogP contribution in [0.1, 0.15) is 47.2 Å². The Hall–Kier alpha value is -1.47. The maximum absolute atomic E-state index is 12.9. The third-order valence-corrected chi connectivity index (χ3v) is 8.83. The minimum absolute atomic E-state index is 0.00251. The summed E-state index contributed by atoms with van der Waals surface area (Å²) in [5.74, 6) is 0.696. The molecule has 3 aliphatic heterocycles. The number of nitrogens with zero attached hydrogens (tertiary/aromatic N) is 3. The Morgan fingerprint density at radius 2 is 1.97 bits per heavy atom. The van der Waals surface area contributed by atoms with Gasteiger partial charge < -0.3 is 14.7 Å². The van der Waals surface area contributed by atoms with Crippen LogP contribution in [0.4, 0.5) is 11.4 Å². The summed E-state index contributed by atoms with van der Waals surface area (Å²) in [6, 6.07) is 15.0. The average molecular weight is 549 g/mol. The third kappa shape index (κ3) is 4.13. The number of benzene rings is 2. The van der Waals surface area contributed by atoms with E-state index in [9.17, 15) is 4.79 Å². The van der Waals surface area contributed by atoms with E-state index in [2.05, 4.69) is 62.4 Å². The van der Waals surface area contributed by atoms with Crippen molar-refractivity contribution in [2.75, 3.05) is 42.5 Å². The van der Waals surface area contributed by atoms with Gasteiger partial charge in [-0.15, -0.1) is 0 Å². The van der Waals surface area contributed by atoms with Crippen molar-refractivity contribution >= 4 is 55.4 Å². The van der Waals surface area contributed by atoms with Gasteiger partial charge in [0.05, 0.1) is 31.0 Å². The van der Waals surface area contributed by atoms with Gasteiger partial charge in [0.15, 0.2) is 5.78 Å². The zero-order valence-electron chi connectivity index (χ0n) is 19.5. The number of fused-ring (bicyclic) bond motifs is 3. The first-order valence-electron chi connectivity index (χ1n) is 12.0. The van der Waals surface area contributed by atoms with Crippen LogP contribution in [0.5, 0.6) is 0 Å². The molecule has 3 atom stereocenters. The molecule has 0 bridgehead atoms. The zero-order valence-corrected chi connectivity index (χ0v) is 21.7. The molecule has 7 heteroatoms. The third-order valence-electron chi connectivity index (χ3n) is 7.65. The second kappa shape index (κ2) is 8.95. The molecule has 0 saturated carbocycles. The minimum Gasteiger partial charge on any atom is -0.380 e. The average Bonchev–Trinajstić information content (AvgIpc) is 3.11. The fourth-order valence-electron chi connectivity index (χ4n) is 6.00. The van der Waals surface area contributed by atoms with Gasteiger partial charge >= 0.3 is 0 Å². The number of piperidine rings is 1. The van der Waals surface area contributed by atoms with Crippen molar-refractivity contribution in [2.45, 2.75) is 47.9 Å². The number of hydrogen-bond donors (Lipinski definition) is 0. The summed E-state index contributed by atoms with van der Waals surface area (Å²) in [5, 5.41) is -0.850. The summed E-state index contributed by atoms with van der Waals surface area (Å²) in [4.78, 5) is 20.0. The molecule has 168 valence electrons. The summed E-state index contributed by atoms with van der Waals surface area (Å²) in [7, 11) is 13.1. The van der Waals surface area contributed by atoms with E-state index in [0.717, 1.165) is 44.6 Å². The number of Topliss-reactive ketones (excluding diaryl/α,β-unsaturated/α-hetero) is 1. The van der Waals surface area contributed by atoms with Crippen molar-refractivity contribution in [3.8, 4) is 0 Å². The van der Waals surface area contributed by atoms with Crippen LogP contribution in [-0.2, 0) is 0 Å². The van der Waals surface area contributed by atoms with Crippen molar-refractivity contribution in [1.29, 1.82) is 0 Å². The van der Waals surface area contributed by atoms with E-state index in [0.29, 0.717) is 18.5 Å². The molecule has 1 unspecified atom stereocenters. The maximum Gasteiger partial charge on any atom is 0.175 e. The summed E-state index contributed by atoms with van der Waals surface area (Å²) in [6.07, 6.45) is 1.97. The van der Waals surface area contributed by atoms with E-state index >= 15 is 0 Å². The van der Waals surface area contributed by atoms with Crippen molar-refractivity contribution in [3.63, 3.8) is 0 Å². The van der Waals surface area contributed by atoms with Crippen LogP contribution < -0.4 is 9.80 Å². The maximum atomic E-state index is 12.9. The molecule has 3 aliphatic rings. The van der Waals surface area contributed by atoms with Gasteiger partial charge in [0.1, 0.15) is 0 Å². The normalized spacial score (nSPS) is 24.3. The van der Waals surface area contributed by atoms with E-state index in [1.807, 2.05) is 31.2 Å². The standard InChI is InChI=1S/C26H30B2IN3O/c1-3-32-23-6-4-5-19-20-15-30(14-12-22(20)31(24(19)23)16-26(32,27)28)13-11-21(29)25(33)18-9-7-17(2)8-10-18/h4-10,20-22H,3,11-16H2,1-2H3/t20-,21?,22-/m0/s1.